The van der Waals surface area contributed by atoms with Crippen molar-refractivity contribution in [3.63, 3.8) is 0 Å². The number of ether oxygens (including phenoxy) is 5. The molecule has 0 amide bonds. The first-order chi connectivity index (χ1) is 8.31. The monoisotopic (exact) mass is 370 g/mol. The van der Waals surface area contributed by atoms with E-state index in [1.54, 1.807) is 0 Å². The van der Waals surface area contributed by atoms with Gasteiger partial charge in [0.25, 0.3) is 0 Å². The lowest BCUT2D eigenvalue weighted by Crippen LogP contribution is -2.55. The molecule has 0 aromatic heterocycles. The van der Waals surface area contributed by atoms with E-state index in [-0.39, 0.29) is 30.7 Å². The van der Waals surface area contributed by atoms with Crippen molar-refractivity contribution in [3.8, 4) is 0 Å². The molecule has 0 saturated carbocycles. The van der Waals surface area contributed by atoms with Gasteiger partial charge >= 0.3 is 0 Å². The van der Waals surface area contributed by atoms with E-state index in [4.69, 9.17) is 23.7 Å². The van der Waals surface area contributed by atoms with Crippen LogP contribution in [0.1, 0.15) is 27.7 Å². The summed E-state index contributed by atoms with van der Waals surface area (Å²) in [6.07, 6.45) is -0.809. The predicted octanol–water partition coefficient (Wildman–Crippen LogP) is 1.82. The molecule has 3 aliphatic rings. The number of halogens is 1. The third-order valence-corrected chi connectivity index (χ3v) is 4.27. The average Bonchev–Trinajstić information content (AvgIpc) is 2.71. The Morgan fingerprint density at radius 3 is 2.06 bits per heavy atom. The lowest BCUT2D eigenvalue weighted by atomic mass is 10.0. The van der Waals surface area contributed by atoms with Crippen molar-refractivity contribution in [3.05, 3.63) is 0 Å². The standard InChI is InChI=1S/C12H19IO5/c1-11(2)15-7-6(5-13)14-10-9(8(7)16-11)17-12(3,4)18-10/h6-10H,5H2,1-4H3/t6-,7+,8-,9-,10-/m1/s1. The molecule has 0 aromatic rings. The number of fused-ring (bicyclic) bond motifs is 3. The van der Waals surface area contributed by atoms with Crippen LogP contribution in [0.25, 0.3) is 0 Å². The van der Waals surface area contributed by atoms with E-state index in [1.165, 1.54) is 0 Å². The summed E-state index contributed by atoms with van der Waals surface area (Å²) in [5.74, 6) is -1.22. The first-order valence-electron chi connectivity index (χ1n) is 6.24. The average molecular weight is 370 g/mol. The van der Waals surface area contributed by atoms with E-state index in [0.29, 0.717) is 0 Å². The predicted molar refractivity (Wildman–Crippen MR) is 71.4 cm³/mol. The molecule has 3 aliphatic heterocycles. The molecule has 0 radical (unpaired) electrons. The fourth-order valence-corrected chi connectivity index (χ4v) is 3.53. The van der Waals surface area contributed by atoms with Crippen LogP contribution in [0.2, 0.25) is 0 Å². The van der Waals surface area contributed by atoms with Gasteiger partial charge in [-0.15, -0.1) is 0 Å². The minimum Gasteiger partial charge on any atom is -0.343 e. The van der Waals surface area contributed by atoms with Gasteiger partial charge in [0.2, 0.25) is 0 Å². The highest BCUT2D eigenvalue weighted by molar-refractivity contribution is 14.1. The highest BCUT2D eigenvalue weighted by Gasteiger charge is 2.60. The summed E-state index contributed by atoms with van der Waals surface area (Å²) in [6, 6.07) is 0. The number of hydrogen-bond donors (Lipinski definition) is 0. The van der Waals surface area contributed by atoms with Crippen LogP contribution in [-0.4, -0.2) is 46.7 Å². The third kappa shape index (κ3) is 2.20. The van der Waals surface area contributed by atoms with Gasteiger partial charge in [-0.3, -0.25) is 0 Å². The maximum absolute atomic E-state index is 5.98. The maximum Gasteiger partial charge on any atom is 0.190 e. The van der Waals surface area contributed by atoms with Gasteiger partial charge in [-0.1, -0.05) is 22.6 Å². The highest BCUT2D eigenvalue weighted by Crippen LogP contribution is 2.44. The fourth-order valence-electron chi connectivity index (χ4n) is 2.82. The second-order valence-corrected chi connectivity index (χ2v) is 6.74. The van der Waals surface area contributed by atoms with E-state index >= 15 is 0 Å². The zero-order valence-corrected chi connectivity index (χ0v) is 13.2. The summed E-state index contributed by atoms with van der Waals surface area (Å²) in [4.78, 5) is 0. The molecule has 18 heavy (non-hydrogen) atoms. The van der Waals surface area contributed by atoms with Crippen LogP contribution in [0, 0.1) is 0 Å². The van der Waals surface area contributed by atoms with Gasteiger partial charge in [-0.2, -0.15) is 0 Å². The largest absolute Gasteiger partial charge is 0.343 e. The summed E-state index contributed by atoms with van der Waals surface area (Å²) < 4.78 is 30.4. The van der Waals surface area contributed by atoms with Crippen molar-refractivity contribution >= 4 is 22.6 Å². The molecule has 0 aliphatic carbocycles. The van der Waals surface area contributed by atoms with Crippen LogP contribution in [0.3, 0.4) is 0 Å². The van der Waals surface area contributed by atoms with E-state index in [9.17, 15) is 0 Å². The molecule has 0 spiro atoms. The molecule has 3 rings (SSSR count). The van der Waals surface area contributed by atoms with Crippen LogP contribution in [-0.2, 0) is 23.7 Å². The molecule has 3 fully saturated rings. The van der Waals surface area contributed by atoms with E-state index in [2.05, 4.69) is 22.6 Å². The summed E-state index contributed by atoms with van der Waals surface area (Å²) in [5, 5.41) is 0. The van der Waals surface area contributed by atoms with Gasteiger partial charge in [-0.05, 0) is 27.7 Å². The molecule has 3 heterocycles. The van der Waals surface area contributed by atoms with E-state index in [1.807, 2.05) is 27.7 Å². The Bertz CT molecular complexity index is 345. The van der Waals surface area contributed by atoms with Crippen LogP contribution in [0.15, 0.2) is 0 Å². The third-order valence-electron chi connectivity index (χ3n) is 3.40. The van der Waals surface area contributed by atoms with Gasteiger partial charge in [-0.25, -0.2) is 0 Å². The molecule has 5 nitrogen and oxygen atoms in total. The summed E-state index contributed by atoms with van der Waals surface area (Å²) in [5.41, 5.74) is 0. The Morgan fingerprint density at radius 2 is 1.39 bits per heavy atom. The van der Waals surface area contributed by atoms with Gasteiger partial charge in [0.1, 0.15) is 18.3 Å². The van der Waals surface area contributed by atoms with Crippen molar-refractivity contribution in [1.82, 2.24) is 0 Å². The van der Waals surface area contributed by atoms with Crippen molar-refractivity contribution in [2.45, 2.75) is 70.0 Å². The second kappa shape index (κ2) is 4.26. The molecular formula is C12H19IO5. The van der Waals surface area contributed by atoms with E-state index in [0.717, 1.165) is 4.43 Å². The quantitative estimate of drug-likeness (QED) is 0.521. The van der Waals surface area contributed by atoms with Crippen molar-refractivity contribution in [2.75, 3.05) is 4.43 Å². The molecule has 6 heteroatoms. The molecule has 0 unspecified atom stereocenters. The number of rotatable bonds is 1. The Morgan fingerprint density at radius 1 is 0.833 bits per heavy atom. The van der Waals surface area contributed by atoms with Crippen LogP contribution in [0.5, 0.6) is 0 Å². The topological polar surface area (TPSA) is 46.2 Å². The van der Waals surface area contributed by atoms with Gasteiger partial charge in [0.15, 0.2) is 17.9 Å². The SMILES string of the molecule is CC1(C)O[C@@H]2[C@@H](O1)[C@@H](CI)O[C@@H]1OC(C)(C)O[C@@H]12. The first kappa shape index (κ1) is 13.5. The van der Waals surface area contributed by atoms with Crippen molar-refractivity contribution in [1.29, 1.82) is 0 Å². The molecule has 104 valence electrons. The molecule has 5 atom stereocenters. The Labute approximate surface area is 121 Å². The Kier molecular flexibility index (Phi) is 3.20. The zero-order valence-electron chi connectivity index (χ0n) is 11.0. The number of alkyl halides is 1. The van der Waals surface area contributed by atoms with Crippen molar-refractivity contribution in [2.24, 2.45) is 0 Å². The summed E-state index contributed by atoms with van der Waals surface area (Å²) in [7, 11) is 0. The van der Waals surface area contributed by atoms with E-state index < -0.39 is 11.6 Å². The van der Waals surface area contributed by atoms with Crippen LogP contribution in [0.4, 0.5) is 0 Å². The Balaban J connectivity index is 1.86. The molecule has 0 aromatic carbocycles. The maximum atomic E-state index is 5.98. The zero-order chi connectivity index (χ0) is 13.1. The van der Waals surface area contributed by atoms with Gasteiger partial charge in [0, 0.05) is 4.43 Å². The molecule has 3 saturated heterocycles. The molecule has 0 bridgehead atoms. The molecular weight excluding hydrogens is 351 g/mol. The molecule has 0 N–H and O–H groups in total. The lowest BCUT2D eigenvalue weighted by molar-refractivity contribution is -0.227. The highest BCUT2D eigenvalue weighted by atomic mass is 127. The normalized spacial score (nSPS) is 48.8. The van der Waals surface area contributed by atoms with Gasteiger partial charge < -0.3 is 23.7 Å². The van der Waals surface area contributed by atoms with Crippen molar-refractivity contribution < 1.29 is 23.7 Å². The minimum atomic E-state index is -0.629. The summed E-state index contributed by atoms with van der Waals surface area (Å²) >= 11 is 2.30. The number of hydrogen-bond acceptors (Lipinski definition) is 5. The smallest absolute Gasteiger partial charge is 0.190 e. The van der Waals surface area contributed by atoms with Gasteiger partial charge in [0.05, 0.1) is 6.10 Å². The van der Waals surface area contributed by atoms with Crippen LogP contribution < -0.4 is 0 Å². The first-order valence-corrected chi connectivity index (χ1v) is 7.77. The second-order valence-electron chi connectivity index (χ2n) is 5.86. The Hall–Kier alpha value is 0.530. The van der Waals surface area contributed by atoms with Crippen LogP contribution >= 0.6 is 22.6 Å². The lowest BCUT2D eigenvalue weighted by Gasteiger charge is -2.36. The fraction of sp³-hybridized carbons (Fsp3) is 1.00. The minimum absolute atomic E-state index is 0.0175. The summed E-state index contributed by atoms with van der Waals surface area (Å²) in [6.45, 7) is 7.63.